The molecule has 0 aliphatic carbocycles. The molecule has 0 bridgehead atoms. The topological polar surface area (TPSA) is 158 Å². The molecule has 27 heavy (non-hydrogen) atoms. The average Bonchev–Trinajstić information content (AvgIpc) is 3.12. The summed E-state index contributed by atoms with van der Waals surface area (Å²) in [5.41, 5.74) is -2.19. The summed E-state index contributed by atoms with van der Waals surface area (Å²) in [4.78, 5) is 40.7. The van der Waals surface area contributed by atoms with Gasteiger partial charge in [-0.05, 0) is 30.3 Å². The first-order valence-electron chi connectivity index (χ1n) is 7.55. The van der Waals surface area contributed by atoms with Crippen LogP contribution in [0.1, 0.15) is 21.7 Å². The van der Waals surface area contributed by atoms with E-state index >= 15 is 0 Å². The molecule has 0 radical (unpaired) electrons. The van der Waals surface area contributed by atoms with Crippen LogP contribution < -0.4 is 11.2 Å². The van der Waals surface area contributed by atoms with E-state index in [0.717, 1.165) is 16.8 Å². The molecule has 0 saturated heterocycles. The summed E-state index contributed by atoms with van der Waals surface area (Å²) >= 11 is 0. The zero-order chi connectivity index (χ0) is 19.6. The fourth-order valence-corrected chi connectivity index (χ4v) is 2.30. The van der Waals surface area contributed by atoms with Crippen molar-refractivity contribution in [3.63, 3.8) is 0 Å². The van der Waals surface area contributed by atoms with Crippen molar-refractivity contribution in [2.45, 2.75) is 6.54 Å². The Kier molecular flexibility index (Phi) is 4.62. The van der Waals surface area contributed by atoms with Gasteiger partial charge in [-0.2, -0.15) is 0 Å². The van der Waals surface area contributed by atoms with Gasteiger partial charge in [0.25, 0.3) is 5.56 Å². The normalized spacial score (nSPS) is 11.1. The summed E-state index contributed by atoms with van der Waals surface area (Å²) in [5.74, 6) is -1.90. The lowest BCUT2D eigenvalue weighted by atomic mass is 10.2. The molecule has 0 fully saturated rings. The van der Waals surface area contributed by atoms with E-state index in [1.165, 1.54) is 18.4 Å². The van der Waals surface area contributed by atoms with E-state index in [0.29, 0.717) is 5.76 Å². The molecule has 0 aliphatic heterocycles. The number of aliphatic imine (C=N–C) groups is 1. The van der Waals surface area contributed by atoms with Crippen molar-refractivity contribution < 1.29 is 24.5 Å². The molecular formula is C17H13N3O7. The second-order valence-electron chi connectivity index (χ2n) is 5.43. The van der Waals surface area contributed by atoms with E-state index in [1.807, 2.05) is 0 Å². The highest BCUT2D eigenvalue weighted by molar-refractivity contribution is 5.90. The van der Waals surface area contributed by atoms with Crippen LogP contribution in [0.3, 0.4) is 0 Å². The van der Waals surface area contributed by atoms with Gasteiger partial charge in [-0.15, -0.1) is 0 Å². The predicted molar refractivity (Wildman–Crippen MR) is 93.1 cm³/mol. The van der Waals surface area contributed by atoms with Crippen molar-refractivity contribution in [3.8, 4) is 11.6 Å². The van der Waals surface area contributed by atoms with E-state index in [2.05, 4.69) is 9.98 Å². The molecular weight excluding hydrogens is 358 g/mol. The number of phenols is 1. The molecule has 4 N–H and O–H groups in total. The highest BCUT2D eigenvalue weighted by Crippen LogP contribution is 2.27. The number of carbonyl (C=O) groups is 1. The molecule has 0 aliphatic rings. The minimum Gasteiger partial charge on any atom is -0.506 e. The maximum absolute atomic E-state index is 12.0. The Balaban J connectivity index is 1.99. The lowest BCUT2D eigenvalue weighted by Gasteiger charge is -2.08. The summed E-state index contributed by atoms with van der Waals surface area (Å²) in [6, 6.07) is 6.65. The number of hydrogen-bond donors (Lipinski definition) is 4. The molecule has 0 spiro atoms. The molecule has 10 nitrogen and oxygen atoms in total. The number of benzene rings is 1. The third-order valence-electron chi connectivity index (χ3n) is 3.66. The first kappa shape index (κ1) is 17.7. The van der Waals surface area contributed by atoms with Gasteiger partial charge in [-0.1, -0.05) is 0 Å². The summed E-state index contributed by atoms with van der Waals surface area (Å²) in [5, 5.41) is 29.0. The molecule has 2 aromatic heterocycles. The van der Waals surface area contributed by atoms with E-state index in [4.69, 9.17) is 9.52 Å². The number of H-pyrrole nitrogens is 1. The van der Waals surface area contributed by atoms with Crippen LogP contribution in [-0.2, 0) is 6.54 Å². The molecule has 0 amide bonds. The zero-order valence-electron chi connectivity index (χ0n) is 13.6. The third kappa shape index (κ3) is 3.63. The van der Waals surface area contributed by atoms with Crippen LogP contribution in [0, 0.1) is 0 Å². The van der Waals surface area contributed by atoms with Gasteiger partial charge in [0.15, 0.2) is 0 Å². The second-order valence-corrected chi connectivity index (χ2v) is 5.43. The third-order valence-corrected chi connectivity index (χ3v) is 3.66. The van der Waals surface area contributed by atoms with Gasteiger partial charge in [0, 0.05) is 6.21 Å². The maximum atomic E-state index is 12.0. The van der Waals surface area contributed by atoms with Crippen LogP contribution in [0.2, 0.25) is 0 Å². The number of carboxylic acids is 1. The Morgan fingerprint density at radius 1 is 1.26 bits per heavy atom. The summed E-state index contributed by atoms with van der Waals surface area (Å²) in [7, 11) is 0. The highest BCUT2D eigenvalue weighted by atomic mass is 16.4. The number of aromatic hydroxyl groups is 2. The number of phenolic OH excluding ortho intramolecular Hbond substituents is 1. The van der Waals surface area contributed by atoms with Gasteiger partial charge >= 0.3 is 11.7 Å². The highest BCUT2D eigenvalue weighted by Gasteiger charge is 2.14. The van der Waals surface area contributed by atoms with Gasteiger partial charge in [0.05, 0.1) is 18.4 Å². The quantitative estimate of drug-likeness (QED) is 0.488. The van der Waals surface area contributed by atoms with Crippen LogP contribution in [-0.4, -0.2) is 37.1 Å². The minimum absolute atomic E-state index is 0.0254. The Morgan fingerprint density at radius 2 is 2.04 bits per heavy atom. The molecule has 10 heteroatoms. The van der Waals surface area contributed by atoms with Crippen LogP contribution >= 0.6 is 0 Å². The van der Waals surface area contributed by atoms with Crippen LogP contribution in [0.4, 0.5) is 5.69 Å². The van der Waals surface area contributed by atoms with Crippen molar-refractivity contribution >= 4 is 17.9 Å². The molecule has 0 atom stereocenters. The smallest absolute Gasteiger partial charge is 0.335 e. The summed E-state index contributed by atoms with van der Waals surface area (Å²) in [6.07, 6.45) is 2.36. The number of rotatable bonds is 5. The number of carboxylic acid groups (broad SMARTS) is 1. The second kappa shape index (κ2) is 7.04. The van der Waals surface area contributed by atoms with Crippen molar-refractivity contribution in [3.05, 3.63) is 74.3 Å². The molecule has 3 rings (SSSR count). The van der Waals surface area contributed by atoms with Crippen LogP contribution in [0.15, 0.2) is 55.6 Å². The molecule has 1 aromatic carbocycles. The van der Waals surface area contributed by atoms with Crippen LogP contribution in [0.5, 0.6) is 11.6 Å². The van der Waals surface area contributed by atoms with Crippen molar-refractivity contribution in [1.29, 1.82) is 0 Å². The van der Waals surface area contributed by atoms with E-state index in [-0.39, 0.29) is 23.4 Å². The minimum atomic E-state index is -1.22. The fourth-order valence-electron chi connectivity index (χ4n) is 2.30. The standard InChI is InChI=1S/C17H13N3O7/c21-13-6-9(16(24)25)3-4-12(13)18-7-11-14(22)19-17(26)20(15(11)23)8-10-2-1-5-27-10/h1-7,21,23H,8H2,(H,24,25)(H,19,22,26). The largest absolute Gasteiger partial charge is 0.506 e. The number of nitrogens with zero attached hydrogens (tertiary/aromatic N) is 2. The number of aromatic nitrogens is 2. The maximum Gasteiger partial charge on any atom is 0.335 e. The number of aromatic amines is 1. The summed E-state index contributed by atoms with van der Waals surface area (Å²) in [6.45, 7) is -0.117. The predicted octanol–water partition coefficient (Wildman–Crippen LogP) is 1.04. The zero-order valence-corrected chi connectivity index (χ0v) is 13.6. The monoisotopic (exact) mass is 371 g/mol. The van der Waals surface area contributed by atoms with Gasteiger partial charge in [0.2, 0.25) is 5.88 Å². The van der Waals surface area contributed by atoms with Gasteiger partial charge < -0.3 is 19.7 Å². The van der Waals surface area contributed by atoms with Gasteiger partial charge in [0.1, 0.15) is 22.8 Å². The first-order chi connectivity index (χ1) is 12.9. The molecule has 2 heterocycles. The summed E-state index contributed by atoms with van der Waals surface area (Å²) < 4.78 is 6.00. The Hall–Kier alpha value is -4.08. The number of hydrogen-bond acceptors (Lipinski definition) is 7. The van der Waals surface area contributed by atoms with Gasteiger partial charge in [-0.25, -0.2) is 9.59 Å². The van der Waals surface area contributed by atoms with Crippen LogP contribution in [0.25, 0.3) is 0 Å². The SMILES string of the molecule is O=C(O)c1ccc(N=Cc2c(O)n(Cc3ccco3)c(=O)[nH]c2=O)c(O)c1. The molecule has 3 aromatic rings. The van der Waals surface area contributed by atoms with E-state index in [1.54, 1.807) is 12.1 Å². The Labute approximate surface area is 150 Å². The van der Waals surface area contributed by atoms with Gasteiger partial charge in [-0.3, -0.25) is 19.3 Å². The molecule has 0 saturated carbocycles. The van der Waals surface area contributed by atoms with E-state index in [9.17, 15) is 24.6 Å². The lowest BCUT2D eigenvalue weighted by Crippen LogP contribution is -2.32. The first-order valence-corrected chi connectivity index (χ1v) is 7.55. The Morgan fingerprint density at radius 3 is 2.67 bits per heavy atom. The van der Waals surface area contributed by atoms with Crippen molar-refractivity contribution in [2.24, 2.45) is 4.99 Å². The molecule has 138 valence electrons. The van der Waals surface area contributed by atoms with Crippen molar-refractivity contribution in [2.75, 3.05) is 0 Å². The number of nitrogens with one attached hydrogen (secondary N) is 1. The van der Waals surface area contributed by atoms with Crippen molar-refractivity contribution in [1.82, 2.24) is 9.55 Å². The number of aromatic carboxylic acids is 1. The fraction of sp³-hybridized carbons (Fsp3) is 0.0588. The molecule has 0 unspecified atom stereocenters. The average molecular weight is 371 g/mol. The Bertz CT molecular complexity index is 1140. The lowest BCUT2D eigenvalue weighted by molar-refractivity contribution is 0.0696. The van der Waals surface area contributed by atoms with E-state index < -0.39 is 28.8 Å². The number of furan rings is 1.